The summed E-state index contributed by atoms with van der Waals surface area (Å²) in [6.07, 6.45) is 4.39. The third-order valence-electron chi connectivity index (χ3n) is 2.71. The molecule has 0 aromatic carbocycles. The quantitative estimate of drug-likeness (QED) is 0.921. The second-order valence-electron chi connectivity index (χ2n) is 4.12. The lowest BCUT2D eigenvalue weighted by molar-refractivity contribution is 0.498. The summed E-state index contributed by atoms with van der Waals surface area (Å²) < 4.78 is 2.02. The molecule has 0 radical (unpaired) electrons. The van der Waals surface area contributed by atoms with Crippen LogP contribution in [0.3, 0.4) is 0 Å². The van der Waals surface area contributed by atoms with Gasteiger partial charge in [-0.25, -0.2) is 0 Å². The van der Waals surface area contributed by atoms with Gasteiger partial charge in [0, 0.05) is 12.2 Å². The van der Waals surface area contributed by atoms with Crippen LogP contribution in [0, 0.1) is 0 Å². The van der Waals surface area contributed by atoms with Crippen LogP contribution in [-0.4, -0.2) is 20.6 Å². The zero-order valence-electron chi connectivity index (χ0n) is 10.7. The number of hydrogen-bond acceptors (Lipinski definition) is 3. The molecule has 0 bridgehead atoms. The molecular weight excluding hydrogens is 271 g/mol. The van der Waals surface area contributed by atoms with Crippen molar-refractivity contribution in [3.63, 3.8) is 0 Å². The fourth-order valence-electron chi connectivity index (χ4n) is 1.81. The van der Waals surface area contributed by atoms with E-state index in [0.717, 1.165) is 18.0 Å². The van der Waals surface area contributed by atoms with Gasteiger partial charge in [0.15, 0.2) is 11.5 Å². The third kappa shape index (κ3) is 4.12. The standard InChI is InChI=1S/C12H18N4.2ClH/c1-3-6-10(2)13-9-12-15-14-11-7-4-5-8-16(11)12;;/h4-5,7-8,10,13H,3,6,9H2,1-2H3;2*1H. The molecule has 4 nitrogen and oxygen atoms in total. The van der Waals surface area contributed by atoms with Crippen molar-refractivity contribution in [1.82, 2.24) is 19.9 Å². The minimum absolute atomic E-state index is 0. The molecule has 0 amide bonds. The monoisotopic (exact) mass is 290 g/mol. The van der Waals surface area contributed by atoms with Crippen LogP contribution in [0.25, 0.3) is 5.65 Å². The van der Waals surface area contributed by atoms with Gasteiger partial charge in [-0.3, -0.25) is 4.40 Å². The summed E-state index contributed by atoms with van der Waals surface area (Å²) in [7, 11) is 0. The first-order valence-electron chi connectivity index (χ1n) is 5.83. The Morgan fingerprint density at radius 1 is 1.28 bits per heavy atom. The van der Waals surface area contributed by atoms with E-state index < -0.39 is 0 Å². The molecule has 1 atom stereocenters. The fraction of sp³-hybridized carbons (Fsp3) is 0.500. The van der Waals surface area contributed by atoms with E-state index in [9.17, 15) is 0 Å². The van der Waals surface area contributed by atoms with E-state index in [0.29, 0.717) is 6.04 Å². The van der Waals surface area contributed by atoms with E-state index in [1.165, 1.54) is 12.8 Å². The second kappa shape index (κ2) is 8.29. The van der Waals surface area contributed by atoms with Crippen molar-refractivity contribution in [1.29, 1.82) is 0 Å². The summed E-state index contributed by atoms with van der Waals surface area (Å²) in [4.78, 5) is 0. The molecule has 0 fully saturated rings. The van der Waals surface area contributed by atoms with Gasteiger partial charge in [-0.2, -0.15) is 0 Å². The Bertz CT molecular complexity index is 458. The smallest absolute Gasteiger partial charge is 0.160 e. The zero-order chi connectivity index (χ0) is 11.4. The van der Waals surface area contributed by atoms with Crippen molar-refractivity contribution in [3.05, 3.63) is 30.2 Å². The molecule has 0 aliphatic carbocycles. The Morgan fingerprint density at radius 2 is 2.06 bits per heavy atom. The van der Waals surface area contributed by atoms with Gasteiger partial charge < -0.3 is 5.32 Å². The van der Waals surface area contributed by atoms with Crippen molar-refractivity contribution in [2.45, 2.75) is 39.3 Å². The molecule has 18 heavy (non-hydrogen) atoms. The molecule has 1 unspecified atom stereocenters. The summed E-state index contributed by atoms with van der Waals surface area (Å²) in [6, 6.07) is 6.46. The maximum atomic E-state index is 4.18. The predicted molar refractivity (Wildman–Crippen MR) is 78.7 cm³/mol. The lowest BCUT2D eigenvalue weighted by Crippen LogP contribution is -2.26. The minimum Gasteiger partial charge on any atom is -0.307 e. The highest BCUT2D eigenvalue weighted by Gasteiger charge is 2.05. The summed E-state index contributed by atoms with van der Waals surface area (Å²) >= 11 is 0. The predicted octanol–water partition coefficient (Wildman–Crippen LogP) is 2.85. The van der Waals surface area contributed by atoms with E-state index in [2.05, 4.69) is 29.4 Å². The maximum Gasteiger partial charge on any atom is 0.160 e. The largest absolute Gasteiger partial charge is 0.307 e. The fourth-order valence-corrected chi connectivity index (χ4v) is 1.81. The van der Waals surface area contributed by atoms with Crippen LogP contribution in [0.5, 0.6) is 0 Å². The molecule has 0 aliphatic rings. The lowest BCUT2D eigenvalue weighted by Gasteiger charge is -2.11. The Morgan fingerprint density at radius 3 is 2.78 bits per heavy atom. The van der Waals surface area contributed by atoms with Crippen LogP contribution in [-0.2, 0) is 6.54 Å². The molecule has 1 N–H and O–H groups in total. The normalized spacial score (nSPS) is 11.7. The van der Waals surface area contributed by atoms with Crippen LogP contribution in [0.1, 0.15) is 32.5 Å². The van der Waals surface area contributed by atoms with Crippen LogP contribution < -0.4 is 5.32 Å². The van der Waals surface area contributed by atoms with Gasteiger partial charge in [-0.1, -0.05) is 19.4 Å². The number of nitrogens with one attached hydrogen (secondary N) is 1. The second-order valence-corrected chi connectivity index (χ2v) is 4.12. The van der Waals surface area contributed by atoms with E-state index in [-0.39, 0.29) is 24.8 Å². The van der Waals surface area contributed by atoms with Gasteiger partial charge in [-0.05, 0) is 25.5 Å². The Labute approximate surface area is 120 Å². The summed E-state index contributed by atoms with van der Waals surface area (Å²) in [5, 5.41) is 11.7. The van der Waals surface area contributed by atoms with Gasteiger partial charge in [0.2, 0.25) is 0 Å². The summed E-state index contributed by atoms with van der Waals surface area (Å²) in [6.45, 7) is 5.17. The highest BCUT2D eigenvalue weighted by atomic mass is 35.5. The number of nitrogens with zero attached hydrogens (tertiary/aromatic N) is 3. The molecule has 102 valence electrons. The van der Waals surface area contributed by atoms with Crippen molar-refractivity contribution in [2.24, 2.45) is 0 Å². The van der Waals surface area contributed by atoms with Gasteiger partial charge in [0.1, 0.15) is 0 Å². The number of fused-ring (bicyclic) bond motifs is 1. The average molecular weight is 291 g/mol. The molecular formula is C12H20Cl2N4. The molecule has 0 spiro atoms. The number of hydrogen-bond donors (Lipinski definition) is 1. The van der Waals surface area contributed by atoms with Crippen LogP contribution in [0.4, 0.5) is 0 Å². The van der Waals surface area contributed by atoms with Gasteiger partial charge in [0.25, 0.3) is 0 Å². The molecule has 2 aromatic rings. The molecule has 0 saturated carbocycles. The first kappa shape index (κ1) is 17.2. The summed E-state index contributed by atoms with van der Waals surface area (Å²) in [5.74, 6) is 0.971. The lowest BCUT2D eigenvalue weighted by atomic mass is 10.2. The maximum absolute atomic E-state index is 4.18. The Balaban J connectivity index is 0.00000144. The summed E-state index contributed by atoms with van der Waals surface area (Å²) in [5.41, 5.74) is 0.905. The Kier molecular flexibility index (Phi) is 7.91. The van der Waals surface area contributed by atoms with Crippen LogP contribution in [0.2, 0.25) is 0 Å². The SMILES string of the molecule is CCCC(C)NCc1nnc2ccccn12.Cl.Cl. The molecule has 2 heterocycles. The van der Waals surface area contributed by atoms with Gasteiger partial charge >= 0.3 is 0 Å². The molecule has 0 saturated heterocycles. The number of rotatable bonds is 5. The van der Waals surface area contributed by atoms with Crippen LogP contribution in [0.15, 0.2) is 24.4 Å². The molecule has 0 aliphatic heterocycles. The first-order valence-corrected chi connectivity index (χ1v) is 5.83. The minimum atomic E-state index is 0. The van der Waals surface area contributed by atoms with Crippen molar-refractivity contribution >= 4 is 30.5 Å². The molecule has 2 aromatic heterocycles. The highest BCUT2D eigenvalue weighted by Crippen LogP contribution is 2.03. The zero-order valence-corrected chi connectivity index (χ0v) is 12.3. The van der Waals surface area contributed by atoms with E-state index in [1.54, 1.807) is 0 Å². The number of pyridine rings is 1. The van der Waals surface area contributed by atoms with Crippen molar-refractivity contribution in [2.75, 3.05) is 0 Å². The van der Waals surface area contributed by atoms with Crippen LogP contribution >= 0.6 is 24.8 Å². The third-order valence-corrected chi connectivity index (χ3v) is 2.71. The van der Waals surface area contributed by atoms with Crippen molar-refractivity contribution < 1.29 is 0 Å². The highest BCUT2D eigenvalue weighted by molar-refractivity contribution is 5.85. The van der Waals surface area contributed by atoms with Gasteiger partial charge in [0.05, 0.1) is 6.54 Å². The number of aromatic nitrogens is 3. The number of halogens is 2. The molecule has 2 rings (SSSR count). The Hall–Kier alpha value is -0.840. The van der Waals surface area contributed by atoms with Crippen molar-refractivity contribution in [3.8, 4) is 0 Å². The van der Waals surface area contributed by atoms with E-state index >= 15 is 0 Å². The van der Waals surface area contributed by atoms with E-state index in [1.807, 2.05) is 28.8 Å². The average Bonchev–Trinajstić information content (AvgIpc) is 2.70. The topological polar surface area (TPSA) is 42.2 Å². The van der Waals surface area contributed by atoms with E-state index in [4.69, 9.17) is 0 Å². The molecule has 6 heteroatoms. The first-order chi connectivity index (χ1) is 7.81. The van der Waals surface area contributed by atoms with Gasteiger partial charge in [-0.15, -0.1) is 35.0 Å².